The Morgan fingerprint density at radius 1 is 0.879 bits per heavy atom. The zero-order valence-corrected chi connectivity index (χ0v) is 18.6. The monoisotopic (exact) mass is 460 g/mol. The van der Waals surface area contributed by atoms with Gasteiger partial charge in [0, 0.05) is 10.7 Å². The number of hydrogen-bond acceptors (Lipinski definition) is 4. The average molecular weight is 461 g/mol. The summed E-state index contributed by atoms with van der Waals surface area (Å²) in [5.74, 6) is 0.477. The summed E-state index contributed by atoms with van der Waals surface area (Å²) >= 11 is 6.14. The Hall–Kier alpha value is -4.03. The van der Waals surface area contributed by atoms with Crippen LogP contribution in [-0.4, -0.2) is 11.8 Å². The lowest BCUT2D eigenvalue weighted by Crippen LogP contribution is -2.18. The minimum Gasteiger partial charge on any atom is -0.486 e. The molecule has 166 valence electrons. The van der Waals surface area contributed by atoms with Gasteiger partial charge in [0.05, 0.1) is 11.3 Å². The van der Waals surface area contributed by atoms with Crippen LogP contribution in [0.2, 0.25) is 5.02 Å². The van der Waals surface area contributed by atoms with Crippen LogP contribution in [0.25, 0.3) is 0 Å². The molecule has 0 aliphatic carbocycles. The minimum atomic E-state index is -0.473. The van der Waals surface area contributed by atoms with Crippen molar-refractivity contribution < 1.29 is 18.7 Å². The lowest BCUT2D eigenvalue weighted by molar-refractivity contribution is 0.0992. The van der Waals surface area contributed by atoms with Crippen molar-refractivity contribution in [3.05, 3.63) is 113 Å². The fourth-order valence-corrected chi connectivity index (χ4v) is 3.27. The Morgan fingerprint density at radius 3 is 2.42 bits per heavy atom. The summed E-state index contributed by atoms with van der Waals surface area (Å²) in [6.45, 7) is 2.07. The second-order valence-electron chi connectivity index (χ2n) is 7.29. The first-order valence-electron chi connectivity index (χ1n) is 10.2. The summed E-state index contributed by atoms with van der Waals surface area (Å²) in [6, 6.07) is 24.6. The molecule has 6 nitrogen and oxygen atoms in total. The van der Waals surface area contributed by atoms with Gasteiger partial charge in [-0.15, -0.1) is 0 Å². The molecule has 3 aromatic carbocycles. The van der Waals surface area contributed by atoms with Crippen LogP contribution >= 0.6 is 11.6 Å². The molecule has 0 fully saturated rings. The van der Waals surface area contributed by atoms with Crippen LogP contribution in [0.1, 0.15) is 32.2 Å². The summed E-state index contributed by atoms with van der Waals surface area (Å²) in [5, 5.41) is 6.10. The third-order valence-electron chi connectivity index (χ3n) is 4.86. The SMILES string of the molecule is Cc1ccc(NC(=O)c2ccccc2NC(=O)c2ccc(COc3ccccc3)o2)cc1Cl. The number of carbonyl (C=O) groups is 2. The van der Waals surface area contributed by atoms with Gasteiger partial charge in [0.15, 0.2) is 5.76 Å². The van der Waals surface area contributed by atoms with E-state index in [2.05, 4.69) is 10.6 Å². The Labute approximate surface area is 196 Å². The van der Waals surface area contributed by atoms with Crippen LogP contribution in [0.4, 0.5) is 11.4 Å². The number of carbonyl (C=O) groups excluding carboxylic acids is 2. The van der Waals surface area contributed by atoms with Gasteiger partial charge in [-0.1, -0.05) is 48.0 Å². The van der Waals surface area contributed by atoms with Gasteiger partial charge in [-0.25, -0.2) is 0 Å². The van der Waals surface area contributed by atoms with Crippen LogP contribution in [0, 0.1) is 6.92 Å². The number of halogens is 1. The van der Waals surface area contributed by atoms with Crippen LogP contribution in [-0.2, 0) is 6.61 Å². The maximum atomic E-state index is 12.8. The number of anilines is 2. The second kappa shape index (κ2) is 10.1. The van der Waals surface area contributed by atoms with Crippen LogP contribution in [0.3, 0.4) is 0 Å². The number of hydrogen-bond donors (Lipinski definition) is 2. The predicted molar refractivity (Wildman–Crippen MR) is 128 cm³/mol. The zero-order chi connectivity index (χ0) is 23.2. The number of para-hydroxylation sites is 2. The van der Waals surface area contributed by atoms with E-state index in [0.717, 1.165) is 5.56 Å². The van der Waals surface area contributed by atoms with Crippen LogP contribution in [0.15, 0.2) is 89.3 Å². The van der Waals surface area contributed by atoms with Gasteiger partial charge in [-0.05, 0) is 61.0 Å². The van der Waals surface area contributed by atoms with Crippen LogP contribution < -0.4 is 15.4 Å². The highest BCUT2D eigenvalue weighted by Gasteiger charge is 2.17. The molecule has 0 saturated heterocycles. The van der Waals surface area contributed by atoms with Crippen molar-refractivity contribution in [3.8, 4) is 5.75 Å². The lowest BCUT2D eigenvalue weighted by Gasteiger charge is -2.11. The summed E-state index contributed by atoms with van der Waals surface area (Å²) in [5.41, 5.74) is 2.14. The molecule has 33 heavy (non-hydrogen) atoms. The molecule has 0 saturated carbocycles. The molecule has 0 atom stereocenters. The first-order valence-corrected chi connectivity index (χ1v) is 10.6. The Morgan fingerprint density at radius 2 is 1.64 bits per heavy atom. The summed E-state index contributed by atoms with van der Waals surface area (Å²) < 4.78 is 11.2. The van der Waals surface area contributed by atoms with Gasteiger partial charge < -0.3 is 19.8 Å². The van der Waals surface area contributed by atoms with Gasteiger partial charge >= 0.3 is 0 Å². The normalized spacial score (nSPS) is 10.5. The quantitative estimate of drug-likeness (QED) is 0.338. The molecule has 1 heterocycles. The topological polar surface area (TPSA) is 80.6 Å². The van der Waals surface area contributed by atoms with E-state index in [1.165, 1.54) is 0 Å². The van der Waals surface area contributed by atoms with Gasteiger partial charge in [0.1, 0.15) is 18.1 Å². The molecule has 7 heteroatoms. The third kappa shape index (κ3) is 5.61. The molecule has 0 aliphatic rings. The highest BCUT2D eigenvalue weighted by atomic mass is 35.5. The maximum absolute atomic E-state index is 12.8. The summed E-state index contributed by atoms with van der Waals surface area (Å²) in [7, 11) is 0. The van der Waals surface area contributed by atoms with Gasteiger partial charge in [0.25, 0.3) is 11.8 Å². The van der Waals surface area contributed by atoms with Gasteiger partial charge in [-0.2, -0.15) is 0 Å². The van der Waals surface area contributed by atoms with Crippen molar-refractivity contribution in [2.75, 3.05) is 10.6 Å². The number of furan rings is 1. The third-order valence-corrected chi connectivity index (χ3v) is 5.27. The average Bonchev–Trinajstić information content (AvgIpc) is 3.30. The van der Waals surface area contributed by atoms with E-state index in [1.54, 1.807) is 48.5 Å². The summed E-state index contributed by atoms with van der Waals surface area (Å²) in [6.07, 6.45) is 0. The highest BCUT2D eigenvalue weighted by molar-refractivity contribution is 6.31. The number of amides is 2. The van der Waals surface area contributed by atoms with Crippen molar-refractivity contribution >= 4 is 34.8 Å². The molecular weight excluding hydrogens is 440 g/mol. The number of nitrogens with one attached hydrogen (secondary N) is 2. The van der Waals surface area contributed by atoms with Gasteiger partial charge in [-0.3, -0.25) is 9.59 Å². The number of ether oxygens (including phenoxy) is 1. The highest BCUT2D eigenvalue weighted by Crippen LogP contribution is 2.23. The Kier molecular flexibility index (Phi) is 6.76. The lowest BCUT2D eigenvalue weighted by atomic mass is 10.1. The van der Waals surface area contributed by atoms with Crippen molar-refractivity contribution in [3.63, 3.8) is 0 Å². The molecular formula is C26H21ClN2O4. The van der Waals surface area contributed by atoms with Crippen molar-refractivity contribution in [1.82, 2.24) is 0 Å². The fraction of sp³-hybridized carbons (Fsp3) is 0.0769. The van der Waals surface area contributed by atoms with E-state index in [9.17, 15) is 9.59 Å². The molecule has 2 N–H and O–H groups in total. The molecule has 4 rings (SSSR count). The zero-order valence-electron chi connectivity index (χ0n) is 17.8. The van der Waals surface area contributed by atoms with E-state index < -0.39 is 5.91 Å². The smallest absolute Gasteiger partial charge is 0.291 e. The van der Waals surface area contributed by atoms with Crippen LogP contribution in [0.5, 0.6) is 5.75 Å². The second-order valence-corrected chi connectivity index (χ2v) is 7.69. The van der Waals surface area contributed by atoms with Crippen molar-refractivity contribution in [1.29, 1.82) is 0 Å². The molecule has 0 radical (unpaired) electrons. The molecule has 0 aliphatic heterocycles. The van der Waals surface area contributed by atoms with E-state index in [0.29, 0.717) is 33.5 Å². The number of rotatable bonds is 7. The molecule has 1 aromatic heterocycles. The van der Waals surface area contributed by atoms with E-state index in [4.69, 9.17) is 20.8 Å². The molecule has 2 amide bonds. The fourth-order valence-electron chi connectivity index (χ4n) is 3.09. The van der Waals surface area contributed by atoms with Gasteiger partial charge in [0.2, 0.25) is 0 Å². The van der Waals surface area contributed by atoms with E-state index >= 15 is 0 Å². The summed E-state index contributed by atoms with van der Waals surface area (Å²) in [4.78, 5) is 25.5. The number of aryl methyl sites for hydroxylation is 1. The Bertz CT molecular complexity index is 1280. The van der Waals surface area contributed by atoms with Crippen molar-refractivity contribution in [2.45, 2.75) is 13.5 Å². The first-order chi connectivity index (χ1) is 16.0. The van der Waals surface area contributed by atoms with E-state index in [-0.39, 0.29) is 18.3 Å². The molecule has 0 bridgehead atoms. The van der Waals surface area contributed by atoms with Crippen molar-refractivity contribution in [2.24, 2.45) is 0 Å². The Balaban J connectivity index is 1.43. The predicted octanol–water partition coefficient (Wildman–Crippen LogP) is 6.33. The number of benzene rings is 3. The molecule has 0 spiro atoms. The molecule has 0 unspecified atom stereocenters. The first kappa shape index (κ1) is 22.2. The largest absolute Gasteiger partial charge is 0.486 e. The molecule has 4 aromatic rings. The minimum absolute atomic E-state index is 0.113. The standard InChI is InChI=1S/C26H21ClN2O4/c1-17-11-12-18(15-22(17)27)28-25(30)21-9-5-6-10-23(21)29-26(31)24-14-13-20(33-24)16-32-19-7-3-2-4-8-19/h2-15H,16H2,1H3,(H,28,30)(H,29,31). The maximum Gasteiger partial charge on any atom is 0.291 e. The van der Waals surface area contributed by atoms with E-state index in [1.807, 2.05) is 43.3 Å².